The Hall–Kier alpha value is -2.35. The van der Waals surface area contributed by atoms with Gasteiger partial charge in [-0.15, -0.1) is 0 Å². The number of hydrogen-bond acceptors (Lipinski definition) is 6. The summed E-state index contributed by atoms with van der Waals surface area (Å²) in [7, 11) is 0. The molecule has 0 spiro atoms. The number of aromatic nitrogens is 1. The second-order valence-corrected chi connectivity index (χ2v) is 10.5. The van der Waals surface area contributed by atoms with Gasteiger partial charge in [-0.2, -0.15) is 0 Å². The zero-order valence-electron chi connectivity index (χ0n) is 20.7. The summed E-state index contributed by atoms with van der Waals surface area (Å²) in [4.78, 5) is 21.5. The zero-order chi connectivity index (χ0) is 24.1. The monoisotopic (exact) mass is 480 g/mol. The molecule has 0 saturated carbocycles. The topological polar surface area (TPSA) is 61.6 Å². The number of nitrogens with one attached hydrogen (secondary N) is 1. The minimum atomic E-state index is -0.00844. The summed E-state index contributed by atoms with van der Waals surface area (Å²) in [5.74, 6) is 1.68. The van der Waals surface area contributed by atoms with E-state index >= 15 is 0 Å². The van der Waals surface area contributed by atoms with Crippen LogP contribution in [0, 0.1) is 0 Å². The molecule has 1 aliphatic rings. The highest BCUT2D eigenvalue weighted by Crippen LogP contribution is 2.33. The average Bonchev–Trinajstić information content (AvgIpc) is 3.22. The predicted octanol–water partition coefficient (Wildman–Crippen LogP) is 5.42. The maximum atomic E-state index is 11.9. The Morgan fingerprint density at radius 1 is 1.03 bits per heavy atom. The molecular weight excluding hydrogens is 444 g/mol. The summed E-state index contributed by atoms with van der Waals surface area (Å²) in [6, 6.07) is 14.3. The SMILES string of the molecule is CC(=O)Nc1c(C(C)C)cccc1C(C)CN1CCN(CCSc2nc3ccccc3o2)CC1. The summed E-state index contributed by atoms with van der Waals surface area (Å²) in [6.45, 7) is 14.5. The van der Waals surface area contributed by atoms with E-state index in [1.54, 1.807) is 18.7 Å². The number of carbonyl (C=O) groups is 1. The number of nitrogens with zero attached hydrogens (tertiary/aromatic N) is 3. The van der Waals surface area contributed by atoms with Crippen LogP contribution < -0.4 is 5.32 Å². The van der Waals surface area contributed by atoms with E-state index < -0.39 is 0 Å². The third-order valence-corrected chi connectivity index (χ3v) is 7.30. The van der Waals surface area contributed by atoms with Gasteiger partial charge in [0.1, 0.15) is 5.52 Å². The molecule has 6 nitrogen and oxygen atoms in total. The van der Waals surface area contributed by atoms with Gasteiger partial charge in [-0.25, -0.2) is 4.98 Å². The van der Waals surface area contributed by atoms with Crippen LogP contribution in [0.3, 0.4) is 0 Å². The van der Waals surface area contributed by atoms with Crippen molar-refractivity contribution in [3.05, 3.63) is 53.6 Å². The first-order valence-corrected chi connectivity index (χ1v) is 13.2. The van der Waals surface area contributed by atoms with E-state index in [0.717, 1.165) is 67.0 Å². The quantitative estimate of drug-likeness (QED) is 0.413. The van der Waals surface area contributed by atoms with Crippen molar-refractivity contribution in [2.45, 2.75) is 44.8 Å². The predicted molar refractivity (Wildman–Crippen MR) is 141 cm³/mol. The van der Waals surface area contributed by atoms with E-state index in [-0.39, 0.29) is 5.91 Å². The maximum Gasteiger partial charge on any atom is 0.256 e. The molecule has 1 N–H and O–H groups in total. The van der Waals surface area contributed by atoms with E-state index in [2.05, 4.69) is 59.1 Å². The molecule has 1 saturated heterocycles. The van der Waals surface area contributed by atoms with Crippen LogP contribution in [0.5, 0.6) is 0 Å². The van der Waals surface area contributed by atoms with Crippen LogP contribution in [0.4, 0.5) is 5.69 Å². The molecule has 1 aromatic heterocycles. The first-order valence-electron chi connectivity index (χ1n) is 12.2. The Morgan fingerprint density at radius 3 is 2.44 bits per heavy atom. The molecule has 1 fully saturated rings. The third kappa shape index (κ3) is 6.20. The summed E-state index contributed by atoms with van der Waals surface area (Å²) in [6.07, 6.45) is 0. The number of oxazole rings is 1. The van der Waals surface area contributed by atoms with Gasteiger partial charge in [-0.3, -0.25) is 9.69 Å². The van der Waals surface area contributed by atoms with Crippen molar-refractivity contribution >= 4 is 34.5 Å². The molecule has 2 heterocycles. The fourth-order valence-corrected chi connectivity index (χ4v) is 5.49. The van der Waals surface area contributed by atoms with Crippen LogP contribution in [0.25, 0.3) is 11.1 Å². The minimum Gasteiger partial charge on any atom is -0.431 e. The molecule has 3 aromatic rings. The number of carbonyl (C=O) groups excluding carboxylic acids is 1. The molecule has 2 aromatic carbocycles. The van der Waals surface area contributed by atoms with Crippen LogP contribution in [0.2, 0.25) is 0 Å². The molecule has 1 aliphatic heterocycles. The molecule has 0 radical (unpaired) electrons. The molecule has 0 bridgehead atoms. The summed E-state index contributed by atoms with van der Waals surface area (Å²) in [5, 5.41) is 3.87. The third-order valence-electron chi connectivity index (χ3n) is 6.49. The van der Waals surface area contributed by atoms with Gasteiger partial charge in [0.2, 0.25) is 5.91 Å². The molecule has 1 unspecified atom stereocenters. The van der Waals surface area contributed by atoms with Crippen molar-refractivity contribution in [1.29, 1.82) is 0 Å². The van der Waals surface area contributed by atoms with Crippen LogP contribution in [-0.4, -0.2) is 65.7 Å². The second-order valence-electron chi connectivity index (χ2n) is 9.49. The number of amides is 1. The standard InChI is InChI=1S/C27H36N4O2S/c1-19(2)22-8-7-9-23(26(22)28-21(4)32)20(3)18-31-14-12-30(13-15-31)16-17-34-27-29-24-10-5-6-11-25(24)33-27/h5-11,19-20H,12-18H2,1-4H3,(H,28,32). The van der Waals surface area contributed by atoms with Crippen molar-refractivity contribution in [3.63, 3.8) is 0 Å². The number of fused-ring (bicyclic) bond motifs is 1. The first kappa shape index (κ1) is 24.8. The van der Waals surface area contributed by atoms with Crippen LogP contribution in [0.15, 0.2) is 52.1 Å². The number of para-hydroxylation sites is 3. The lowest BCUT2D eigenvalue weighted by atomic mass is 9.91. The molecule has 7 heteroatoms. The van der Waals surface area contributed by atoms with Gasteiger partial charge < -0.3 is 14.6 Å². The number of thioether (sulfide) groups is 1. The maximum absolute atomic E-state index is 11.9. The fourth-order valence-electron chi connectivity index (χ4n) is 4.66. The van der Waals surface area contributed by atoms with Crippen molar-refractivity contribution < 1.29 is 9.21 Å². The second kappa shape index (κ2) is 11.4. The zero-order valence-corrected chi connectivity index (χ0v) is 21.5. The number of benzene rings is 2. The Balaban J connectivity index is 1.26. The number of anilines is 1. The molecule has 34 heavy (non-hydrogen) atoms. The molecule has 182 valence electrons. The number of piperazine rings is 1. The van der Waals surface area contributed by atoms with Gasteiger partial charge in [0.25, 0.3) is 5.22 Å². The van der Waals surface area contributed by atoms with Gasteiger partial charge in [0.15, 0.2) is 5.58 Å². The van der Waals surface area contributed by atoms with E-state index in [1.807, 2.05) is 24.3 Å². The van der Waals surface area contributed by atoms with E-state index in [1.165, 1.54) is 11.1 Å². The fraction of sp³-hybridized carbons (Fsp3) is 0.481. The van der Waals surface area contributed by atoms with Gasteiger partial charge in [0.05, 0.1) is 0 Å². The lowest BCUT2D eigenvalue weighted by Crippen LogP contribution is -2.47. The van der Waals surface area contributed by atoms with Gasteiger partial charge in [-0.1, -0.05) is 62.9 Å². The molecule has 1 amide bonds. The van der Waals surface area contributed by atoms with Gasteiger partial charge in [-0.05, 0) is 35.1 Å². The minimum absolute atomic E-state index is 0.00844. The van der Waals surface area contributed by atoms with E-state index in [9.17, 15) is 4.79 Å². The van der Waals surface area contributed by atoms with Gasteiger partial charge in [0, 0.05) is 57.6 Å². The summed E-state index contributed by atoms with van der Waals surface area (Å²) >= 11 is 1.69. The molecule has 0 aliphatic carbocycles. The Labute approximate surface area is 207 Å². The average molecular weight is 481 g/mol. The van der Waals surface area contributed by atoms with Crippen molar-refractivity contribution in [2.75, 3.05) is 50.3 Å². The highest BCUT2D eigenvalue weighted by Gasteiger charge is 2.22. The number of hydrogen-bond donors (Lipinski definition) is 1. The van der Waals surface area contributed by atoms with Crippen LogP contribution >= 0.6 is 11.8 Å². The van der Waals surface area contributed by atoms with Gasteiger partial charge >= 0.3 is 0 Å². The molecule has 4 rings (SSSR count). The molecular formula is C27H36N4O2S. The van der Waals surface area contributed by atoms with E-state index in [4.69, 9.17) is 4.42 Å². The van der Waals surface area contributed by atoms with E-state index in [0.29, 0.717) is 11.8 Å². The van der Waals surface area contributed by atoms with Crippen molar-refractivity contribution in [2.24, 2.45) is 0 Å². The Kier molecular flexibility index (Phi) is 8.29. The lowest BCUT2D eigenvalue weighted by Gasteiger charge is -2.36. The van der Waals surface area contributed by atoms with Crippen molar-refractivity contribution in [1.82, 2.24) is 14.8 Å². The Morgan fingerprint density at radius 2 is 1.74 bits per heavy atom. The van der Waals surface area contributed by atoms with Crippen molar-refractivity contribution in [3.8, 4) is 0 Å². The summed E-state index contributed by atoms with van der Waals surface area (Å²) in [5.41, 5.74) is 5.23. The largest absolute Gasteiger partial charge is 0.431 e. The first-order chi connectivity index (χ1) is 16.4. The highest BCUT2D eigenvalue weighted by molar-refractivity contribution is 7.99. The molecule has 1 atom stereocenters. The van der Waals surface area contributed by atoms with Crippen LogP contribution in [-0.2, 0) is 4.79 Å². The smallest absolute Gasteiger partial charge is 0.256 e. The Bertz CT molecular complexity index is 1070. The number of rotatable bonds is 9. The normalized spacial score (nSPS) is 16.3. The van der Waals surface area contributed by atoms with Crippen LogP contribution in [0.1, 0.15) is 50.7 Å². The highest BCUT2D eigenvalue weighted by atomic mass is 32.2. The lowest BCUT2D eigenvalue weighted by molar-refractivity contribution is -0.114. The summed E-state index contributed by atoms with van der Waals surface area (Å²) < 4.78 is 5.82.